The van der Waals surface area contributed by atoms with Crippen LogP contribution in [0.25, 0.3) is 0 Å². The minimum atomic E-state index is 0.554. The van der Waals surface area contributed by atoms with E-state index < -0.39 is 0 Å². The Balaban J connectivity index is 1.39. The number of aromatic nitrogens is 2. The highest BCUT2D eigenvalue weighted by Crippen LogP contribution is 2.38. The molecular weight excluding hydrogens is 304 g/mol. The zero-order valence-electron chi connectivity index (χ0n) is 13.9. The Morgan fingerprint density at radius 3 is 2.87 bits per heavy atom. The largest absolute Gasteiger partial charge is 0.355 e. The SMILES string of the molecule is Cc1ccc(CN2CCC(N(C)c3ccnc(C4CC4)n3)C2)s1. The summed E-state index contributed by atoms with van der Waals surface area (Å²) >= 11 is 1.92. The number of thiophene rings is 1. The highest BCUT2D eigenvalue weighted by Gasteiger charge is 2.29. The molecule has 1 saturated carbocycles. The van der Waals surface area contributed by atoms with Crippen molar-refractivity contribution in [2.45, 2.75) is 44.7 Å². The highest BCUT2D eigenvalue weighted by atomic mass is 32.1. The van der Waals surface area contributed by atoms with E-state index in [4.69, 9.17) is 4.98 Å². The van der Waals surface area contributed by atoms with Crippen molar-refractivity contribution in [2.75, 3.05) is 25.0 Å². The third-order valence-corrected chi connectivity index (χ3v) is 5.92. The molecule has 0 radical (unpaired) electrons. The molecule has 1 aliphatic heterocycles. The highest BCUT2D eigenvalue weighted by molar-refractivity contribution is 7.11. The van der Waals surface area contributed by atoms with Gasteiger partial charge in [-0.15, -0.1) is 11.3 Å². The fourth-order valence-electron chi connectivity index (χ4n) is 3.35. The summed E-state index contributed by atoms with van der Waals surface area (Å²) in [4.78, 5) is 17.0. The second-order valence-corrected chi connectivity index (χ2v) is 8.22. The monoisotopic (exact) mass is 328 g/mol. The maximum atomic E-state index is 4.79. The Labute approximate surface area is 142 Å². The van der Waals surface area contributed by atoms with Crippen LogP contribution >= 0.6 is 11.3 Å². The zero-order chi connectivity index (χ0) is 15.8. The fourth-order valence-corrected chi connectivity index (χ4v) is 4.28. The van der Waals surface area contributed by atoms with Crippen LogP contribution in [0.2, 0.25) is 0 Å². The molecule has 4 rings (SSSR count). The normalized spacial score (nSPS) is 21.7. The summed E-state index contributed by atoms with van der Waals surface area (Å²) in [6, 6.07) is 7.10. The van der Waals surface area contributed by atoms with Gasteiger partial charge in [0.15, 0.2) is 0 Å². The quantitative estimate of drug-likeness (QED) is 0.842. The summed E-state index contributed by atoms with van der Waals surface area (Å²) in [6.07, 6.45) is 5.65. The molecule has 1 saturated heterocycles. The Morgan fingerprint density at radius 2 is 2.13 bits per heavy atom. The molecule has 2 fully saturated rings. The van der Waals surface area contributed by atoms with Crippen LogP contribution in [0.1, 0.15) is 40.8 Å². The first-order valence-electron chi connectivity index (χ1n) is 8.52. The van der Waals surface area contributed by atoms with E-state index in [1.807, 2.05) is 17.5 Å². The Kier molecular flexibility index (Phi) is 4.07. The van der Waals surface area contributed by atoms with Crippen molar-refractivity contribution in [3.05, 3.63) is 40.0 Å². The molecule has 23 heavy (non-hydrogen) atoms. The van der Waals surface area contributed by atoms with E-state index in [2.05, 4.69) is 47.0 Å². The van der Waals surface area contributed by atoms with Gasteiger partial charge in [0.25, 0.3) is 0 Å². The second-order valence-electron chi connectivity index (χ2n) is 6.85. The second kappa shape index (κ2) is 6.21. The van der Waals surface area contributed by atoms with Crippen LogP contribution in [0.3, 0.4) is 0 Å². The number of aryl methyl sites for hydroxylation is 1. The van der Waals surface area contributed by atoms with Gasteiger partial charge >= 0.3 is 0 Å². The number of anilines is 1. The van der Waals surface area contributed by atoms with Gasteiger partial charge in [0.2, 0.25) is 0 Å². The topological polar surface area (TPSA) is 32.3 Å². The number of nitrogens with zero attached hydrogens (tertiary/aromatic N) is 4. The number of hydrogen-bond acceptors (Lipinski definition) is 5. The third-order valence-electron chi connectivity index (χ3n) is 4.93. The number of hydrogen-bond donors (Lipinski definition) is 0. The molecule has 0 aromatic carbocycles. The van der Waals surface area contributed by atoms with Gasteiger partial charge in [-0.05, 0) is 44.4 Å². The van der Waals surface area contributed by atoms with Gasteiger partial charge in [-0.1, -0.05) is 0 Å². The molecule has 5 heteroatoms. The van der Waals surface area contributed by atoms with Crippen LogP contribution in [-0.2, 0) is 6.54 Å². The molecule has 3 heterocycles. The molecule has 0 N–H and O–H groups in total. The standard InChI is InChI=1S/C18H24N4S/c1-13-3-6-16(23-13)12-22-10-8-15(11-22)21(2)17-7-9-19-18(20-17)14-4-5-14/h3,6-7,9,14-15H,4-5,8,10-12H2,1-2H3. The number of likely N-dealkylation sites (N-methyl/N-ethyl adjacent to an activating group) is 1. The predicted octanol–water partition coefficient (Wildman–Crippen LogP) is 3.43. The molecule has 0 spiro atoms. The summed E-state index contributed by atoms with van der Waals surface area (Å²) < 4.78 is 0. The van der Waals surface area contributed by atoms with Gasteiger partial charge in [0, 0.05) is 54.6 Å². The Morgan fingerprint density at radius 1 is 1.26 bits per heavy atom. The van der Waals surface area contributed by atoms with Crippen molar-refractivity contribution in [1.29, 1.82) is 0 Å². The summed E-state index contributed by atoms with van der Waals surface area (Å²) in [7, 11) is 2.18. The molecule has 2 aliphatic rings. The van der Waals surface area contributed by atoms with Crippen LogP contribution in [0.5, 0.6) is 0 Å². The van der Waals surface area contributed by atoms with E-state index in [0.717, 1.165) is 24.7 Å². The van der Waals surface area contributed by atoms with Crippen molar-refractivity contribution < 1.29 is 0 Å². The minimum absolute atomic E-state index is 0.554. The molecule has 1 atom stereocenters. The fraction of sp³-hybridized carbons (Fsp3) is 0.556. The van der Waals surface area contributed by atoms with Gasteiger partial charge in [0.1, 0.15) is 11.6 Å². The lowest BCUT2D eigenvalue weighted by Gasteiger charge is -2.26. The van der Waals surface area contributed by atoms with E-state index >= 15 is 0 Å². The Hall–Kier alpha value is -1.46. The van der Waals surface area contributed by atoms with Gasteiger partial charge in [-0.2, -0.15) is 0 Å². The molecule has 1 unspecified atom stereocenters. The Bertz CT molecular complexity index is 679. The molecular formula is C18H24N4S. The minimum Gasteiger partial charge on any atom is -0.355 e. The molecule has 122 valence electrons. The summed E-state index contributed by atoms with van der Waals surface area (Å²) in [6.45, 7) is 5.56. The number of rotatable bonds is 5. The lowest BCUT2D eigenvalue weighted by atomic mass is 10.2. The first-order valence-corrected chi connectivity index (χ1v) is 9.34. The van der Waals surface area contributed by atoms with E-state index in [9.17, 15) is 0 Å². The third kappa shape index (κ3) is 3.40. The van der Waals surface area contributed by atoms with E-state index in [1.165, 1.54) is 35.6 Å². The van der Waals surface area contributed by atoms with Crippen molar-refractivity contribution in [1.82, 2.24) is 14.9 Å². The van der Waals surface area contributed by atoms with Crippen molar-refractivity contribution in [2.24, 2.45) is 0 Å². The molecule has 2 aromatic heterocycles. The van der Waals surface area contributed by atoms with Gasteiger partial charge in [-0.25, -0.2) is 9.97 Å². The van der Waals surface area contributed by atoms with Crippen LogP contribution < -0.4 is 4.90 Å². The first-order chi connectivity index (χ1) is 11.2. The molecule has 0 amide bonds. The van der Waals surface area contributed by atoms with E-state index in [0.29, 0.717) is 12.0 Å². The van der Waals surface area contributed by atoms with Crippen molar-refractivity contribution in [3.63, 3.8) is 0 Å². The molecule has 0 bridgehead atoms. The van der Waals surface area contributed by atoms with Crippen molar-refractivity contribution in [3.8, 4) is 0 Å². The van der Waals surface area contributed by atoms with E-state index in [-0.39, 0.29) is 0 Å². The predicted molar refractivity (Wildman–Crippen MR) is 95.1 cm³/mol. The van der Waals surface area contributed by atoms with Crippen LogP contribution in [0, 0.1) is 6.92 Å². The van der Waals surface area contributed by atoms with Gasteiger partial charge in [0.05, 0.1) is 0 Å². The van der Waals surface area contributed by atoms with Gasteiger partial charge < -0.3 is 4.90 Å². The van der Waals surface area contributed by atoms with Crippen LogP contribution in [0.4, 0.5) is 5.82 Å². The molecule has 1 aliphatic carbocycles. The molecule has 4 nitrogen and oxygen atoms in total. The summed E-state index contributed by atoms with van der Waals surface area (Å²) in [5.74, 6) is 2.74. The van der Waals surface area contributed by atoms with Gasteiger partial charge in [-0.3, -0.25) is 4.90 Å². The molecule has 2 aromatic rings. The van der Waals surface area contributed by atoms with Crippen LogP contribution in [0.15, 0.2) is 24.4 Å². The summed E-state index contributed by atoms with van der Waals surface area (Å²) in [5.41, 5.74) is 0. The maximum absolute atomic E-state index is 4.79. The average Bonchev–Trinajstić information content (AvgIpc) is 3.19. The number of likely N-dealkylation sites (tertiary alicyclic amines) is 1. The maximum Gasteiger partial charge on any atom is 0.133 e. The lowest BCUT2D eigenvalue weighted by Crippen LogP contribution is -2.35. The lowest BCUT2D eigenvalue weighted by molar-refractivity contribution is 0.329. The van der Waals surface area contributed by atoms with Crippen LogP contribution in [-0.4, -0.2) is 41.0 Å². The van der Waals surface area contributed by atoms with Crippen molar-refractivity contribution >= 4 is 17.2 Å². The van der Waals surface area contributed by atoms with E-state index in [1.54, 1.807) is 0 Å². The summed E-state index contributed by atoms with van der Waals surface area (Å²) in [5, 5.41) is 0. The first kappa shape index (κ1) is 15.1. The smallest absolute Gasteiger partial charge is 0.133 e. The average molecular weight is 328 g/mol. The zero-order valence-corrected chi connectivity index (χ0v) is 14.7.